The van der Waals surface area contributed by atoms with Crippen molar-refractivity contribution in [3.63, 3.8) is 0 Å². The van der Waals surface area contributed by atoms with Gasteiger partial charge in [0.25, 0.3) is 0 Å². The third-order valence-corrected chi connectivity index (χ3v) is 3.57. The molecule has 0 heterocycles. The van der Waals surface area contributed by atoms with Crippen LogP contribution >= 0.6 is 35.6 Å². The Hall–Kier alpha value is -0.950. The zero-order valence-electron chi connectivity index (χ0n) is 12.1. The normalized spacial score (nSPS) is 14.4. The fraction of sp³-hybridized carbons (Fsp3) is 0.400. The van der Waals surface area contributed by atoms with E-state index < -0.39 is 0 Å². The van der Waals surface area contributed by atoms with Gasteiger partial charge in [-0.2, -0.15) is 0 Å². The third-order valence-electron chi connectivity index (χ3n) is 3.27. The second-order valence-electron chi connectivity index (χ2n) is 4.75. The van der Waals surface area contributed by atoms with Gasteiger partial charge in [0.1, 0.15) is 5.75 Å². The minimum Gasteiger partial charge on any atom is -0.495 e. The summed E-state index contributed by atoms with van der Waals surface area (Å²) < 4.78 is 5.10. The van der Waals surface area contributed by atoms with E-state index in [9.17, 15) is 0 Å². The molecule has 0 saturated carbocycles. The highest BCUT2D eigenvalue weighted by molar-refractivity contribution is 14.0. The molecule has 2 rings (SSSR count). The molecule has 0 atom stereocenters. The van der Waals surface area contributed by atoms with E-state index in [-0.39, 0.29) is 24.0 Å². The Morgan fingerprint density at radius 2 is 2.29 bits per heavy atom. The van der Waals surface area contributed by atoms with Crippen molar-refractivity contribution < 1.29 is 4.74 Å². The number of rotatable bonds is 5. The maximum Gasteiger partial charge on any atom is 0.193 e. The van der Waals surface area contributed by atoms with Crippen LogP contribution in [0.1, 0.15) is 25.7 Å². The standard InChI is InChI=1S/C15H20ClN3O.HI/c1-20-14-7-6-12(10-13(14)16)19-15(17)18-9-8-11-4-2-3-5-11;/h4,6-7,10H,2-3,5,8-9H2,1H3,(H3,17,18,19);1H. The molecule has 6 heteroatoms. The lowest BCUT2D eigenvalue weighted by molar-refractivity contribution is 0.415. The second-order valence-corrected chi connectivity index (χ2v) is 5.15. The van der Waals surface area contributed by atoms with Crippen LogP contribution in [0.4, 0.5) is 5.69 Å². The van der Waals surface area contributed by atoms with Gasteiger partial charge in [-0.25, -0.2) is 0 Å². The number of halogens is 2. The summed E-state index contributed by atoms with van der Waals surface area (Å²) in [6.07, 6.45) is 6.99. The Bertz CT molecular complexity index is 532. The Kier molecular flexibility index (Phi) is 7.88. The molecule has 1 aliphatic carbocycles. The van der Waals surface area contributed by atoms with Crippen molar-refractivity contribution in [1.29, 1.82) is 0 Å². The van der Waals surface area contributed by atoms with Crippen molar-refractivity contribution in [3.8, 4) is 5.75 Å². The number of ether oxygens (including phenoxy) is 1. The Labute approximate surface area is 147 Å². The number of anilines is 1. The van der Waals surface area contributed by atoms with Crippen LogP contribution in [0.2, 0.25) is 5.02 Å². The lowest BCUT2D eigenvalue weighted by atomic mass is 10.2. The lowest BCUT2D eigenvalue weighted by Crippen LogP contribution is -2.22. The molecule has 1 aromatic carbocycles. The summed E-state index contributed by atoms with van der Waals surface area (Å²) in [6, 6.07) is 5.41. The van der Waals surface area contributed by atoms with Gasteiger partial charge >= 0.3 is 0 Å². The molecule has 116 valence electrons. The average Bonchev–Trinajstić information content (AvgIpc) is 2.92. The van der Waals surface area contributed by atoms with Gasteiger partial charge in [-0.1, -0.05) is 23.3 Å². The van der Waals surface area contributed by atoms with E-state index in [1.54, 1.807) is 19.2 Å². The molecule has 4 nitrogen and oxygen atoms in total. The van der Waals surface area contributed by atoms with Crippen LogP contribution in [0.5, 0.6) is 5.75 Å². The molecule has 0 fully saturated rings. The Balaban J connectivity index is 0.00000220. The zero-order valence-corrected chi connectivity index (χ0v) is 15.2. The second kappa shape index (κ2) is 9.15. The molecule has 1 aromatic rings. The molecule has 0 amide bonds. The van der Waals surface area contributed by atoms with Gasteiger partial charge < -0.3 is 15.8 Å². The molecule has 0 bridgehead atoms. The van der Waals surface area contributed by atoms with Gasteiger partial charge in [-0.05, 0) is 43.9 Å². The summed E-state index contributed by atoms with van der Waals surface area (Å²) in [4.78, 5) is 4.32. The SMILES string of the molecule is COc1ccc(NC(N)=NCCC2=CCCC2)cc1Cl.I. The maximum absolute atomic E-state index is 6.05. The predicted molar refractivity (Wildman–Crippen MR) is 100 cm³/mol. The van der Waals surface area contributed by atoms with Crippen molar-refractivity contribution in [1.82, 2.24) is 0 Å². The first-order valence-corrected chi connectivity index (χ1v) is 7.15. The van der Waals surface area contributed by atoms with Crippen molar-refractivity contribution in [3.05, 3.63) is 34.9 Å². The quantitative estimate of drug-likeness (QED) is 0.324. The van der Waals surface area contributed by atoms with E-state index in [1.807, 2.05) is 6.07 Å². The number of guanidine groups is 1. The largest absolute Gasteiger partial charge is 0.495 e. The molecule has 0 aromatic heterocycles. The summed E-state index contributed by atoms with van der Waals surface area (Å²) in [5.74, 6) is 1.05. The van der Waals surface area contributed by atoms with Gasteiger partial charge in [-0.3, -0.25) is 4.99 Å². The molecule has 0 saturated heterocycles. The Morgan fingerprint density at radius 3 is 2.90 bits per heavy atom. The van der Waals surface area contributed by atoms with E-state index in [0.29, 0.717) is 23.3 Å². The minimum absolute atomic E-state index is 0. The Morgan fingerprint density at radius 1 is 1.48 bits per heavy atom. The molecule has 0 unspecified atom stereocenters. The lowest BCUT2D eigenvalue weighted by Gasteiger charge is -2.08. The summed E-state index contributed by atoms with van der Waals surface area (Å²) in [5.41, 5.74) is 8.15. The fourth-order valence-electron chi connectivity index (χ4n) is 2.22. The zero-order chi connectivity index (χ0) is 14.4. The van der Waals surface area contributed by atoms with E-state index in [1.165, 1.54) is 24.8 Å². The van der Waals surface area contributed by atoms with Gasteiger partial charge in [-0.15, -0.1) is 24.0 Å². The minimum atomic E-state index is 0. The molecule has 0 radical (unpaired) electrons. The molecular weight excluding hydrogens is 401 g/mol. The van der Waals surface area contributed by atoms with Crippen LogP contribution in [-0.4, -0.2) is 19.6 Å². The van der Waals surface area contributed by atoms with E-state index in [0.717, 1.165) is 12.1 Å². The van der Waals surface area contributed by atoms with Crippen LogP contribution in [0, 0.1) is 0 Å². The first-order valence-electron chi connectivity index (χ1n) is 6.77. The smallest absolute Gasteiger partial charge is 0.193 e. The summed E-state index contributed by atoms with van der Waals surface area (Å²) in [5, 5.41) is 3.57. The number of hydrogen-bond donors (Lipinski definition) is 2. The van der Waals surface area contributed by atoms with Crippen molar-refractivity contribution in [2.24, 2.45) is 10.7 Å². The molecule has 3 N–H and O–H groups in total. The first kappa shape index (κ1) is 18.1. The predicted octanol–water partition coefficient (Wildman–Crippen LogP) is 4.19. The van der Waals surface area contributed by atoms with E-state index in [4.69, 9.17) is 22.1 Å². The molecule has 21 heavy (non-hydrogen) atoms. The molecule has 1 aliphatic rings. The van der Waals surface area contributed by atoms with Gasteiger partial charge in [0.2, 0.25) is 0 Å². The number of aliphatic imine (C=N–C) groups is 1. The van der Waals surface area contributed by atoms with Gasteiger partial charge in [0, 0.05) is 12.2 Å². The number of nitrogens with one attached hydrogen (secondary N) is 1. The first-order chi connectivity index (χ1) is 9.69. The van der Waals surface area contributed by atoms with Crippen molar-refractivity contribution >= 4 is 47.2 Å². The number of allylic oxidation sites excluding steroid dienone is 1. The van der Waals surface area contributed by atoms with Crippen molar-refractivity contribution in [2.75, 3.05) is 19.0 Å². The van der Waals surface area contributed by atoms with Crippen LogP contribution in [-0.2, 0) is 0 Å². The number of benzene rings is 1. The van der Waals surface area contributed by atoms with Crippen LogP contribution in [0.3, 0.4) is 0 Å². The summed E-state index contributed by atoms with van der Waals surface area (Å²) >= 11 is 6.05. The van der Waals surface area contributed by atoms with Crippen molar-refractivity contribution in [2.45, 2.75) is 25.7 Å². The highest BCUT2D eigenvalue weighted by atomic mass is 127. The highest BCUT2D eigenvalue weighted by Crippen LogP contribution is 2.27. The topological polar surface area (TPSA) is 59.6 Å². The van der Waals surface area contributed by atoms with Crippen LogP contribution < -0.4 is 15.8 Å². The third kappa shape index (κ3) is 5.74. The number of nitrogens with two attached hydrogens (primary N) is 1. The van der Waals surface area contributed by atoms with E-state index >= 15 is 0 Å². The number of methoxy groups -OCH3 is 1. The number of hydrogen-bond acceptors (Lipinski definition) is 2. The average molecular weight is 422 g/mol. The summed E-state index contributed by atoms with van der Waals surface area (Å²) in [6.45, 7) is 0.717. The maximum atomic E-state index is 6.05. The van der Waals surface area contributed by atoms with Gasteiger partial charge in [0.05, 0.1) is 12.1 Å². The number of nitrogens with zero attached hydrogens (tertiary/aromatic N) is 1. The van der Waals surface area contributed by atoms with Gasteiger partial charge in [0.15, 0.2) is 5.96 Å². The highest BCUT2D eigenvalue weighted by Gasteiger charge is 2.04. The molecule has 0 spiro atoms. The fourth-order valence-corrected chi connectivity index (χ4v) is 2.47. The monoisotopic (exact) mass is 421 g/mol. The van der Waals surface area contributed by atoms with E-state index in [2.05, 4.69) is 16.4 Å². The van der Waals surface area contributed by atoms with Crippen LogP contribution in [0.25, 0.3) is 0 Å². The van der Waals surface area contributed by atoms with Crippen LogP contribution in [0.15, 0.2) is 34.8 Å². The summed E-state index contributed by atoms with van der Waals surface area (Å²) in [7, 11) is 1.59. The molecular formula is C15H21ClIN3O. The molecule has 0 aliphatic heterocycles.